The minimum absolute atomic E-state index is 0.00626. The second-order valence-electron chi connectivity index (χ2n) is 8.00. The predicted octanol–water partition coefficient (Wildman–Crippen LogP) is 7.91. The van der Waals surface area contributed by atoms with E-state index in [1.54, 1.807) is 59.5 Å². The molecule has 0 atom stereocenters. The van der Waals surface area contributed by atoms with Crippen molar-refractivity contribution in [2.45, 2.75) is 0 Å². The first-order valence-electron chi connectivity index (χ1n) is 11.0. The number of anilines is 2. The molecule has 0 aliphatic rings. The van der Waals surface area contributed by atoms with Gasteiger partial charge in [-0.3, -0.25) is 4.98 Å². The molecule has 5 aromatic rings. The summed E-state index contributed by atoms with van der Waals surface area (Å²) in [5.41, 5.74) is 4.96. The number of benzene rings is 3. The van der Waals surface area contributed by atoms with Crippen molar-refractivity contribution in [3.63, 3.8) is 0 Å². The van der Waals surface area contributed by atoms with Crippen LogP contribution in [0.15, 0.2) is 91.4 Å². The Labute approximate surface area is 227 Å². The molecule has 0 aliphatic heterocycles. The average Bonchev–Trinajstić information content (AvgIpc) is 3.34. The highest BCUT2D eigenvalue weighted by atomic mass is 35.5. The van der Waals surface area contributed by atoms with Gasteiger partial charge in [0.2, 0.25) is 0 Å². The summed E-state index contributed by atoms with van der Waals surface area (Å²) < 4.78 is 1.72. The van der Waals surface area contributed by atoms with Crippen molar-refractivity contribution >= 4 is 52.2 Å². The van der Waals surface area contributed by atoms with Crippen molar-refractivity contribution in [3.8, 4) is 33.8 Å². The molecule has 2 heterocycles. The van der Waals surface area contributed by atoms with Gasteiger partial charge in [0.25, 0.3) is 0 Å². The summed E-state index contributed by atoms with van der Waals surface area (Å²) in [7, 11) is 0. The fourth-order valence-electron chi connectivity index (χ4n) is 3.71. The molecule has 0 unspecified atom stereocenters. The zero-order chi connectivity index (χ0) is 25.9. The molecule has 0 radical (unpaired) electrons. The highest BCUT2D eigenvalue weighted by Crippen LogP contribution is 2.35. The minimum Gasteiger partial charge on any atom is -0.506 e. The van der Waals surface area contributed by atoms with Crippen molar-refractivity contribution in [2.75, 3.05) is 10.6 Å². The van der Waals surface area contributed by atoms with Crippen LogP contribution in [0.25, 0.3) is 28.1 Å². The maximum absolute atomic E-state index is 12.6. The van der Waals surface area contributed by atoms with Gasteiger partial charge in [0, 0.05) is 41.1 Å². The number of phenolic OH excluding ortho intramolecular Hbond substituents is 1. The van der Waals surface area contributed by atoms with Gasteiger partial charge in [-0.1, -0.05) is 40.9 Å². The molecule has 0 saturated carbocycles. The molecule has 3 aromatic carbocycles. The lowest BCUT2D eigenvalue weighted by Gasteiger charge is -2.10. The summed E-state index contributed by atoms with van der Waals surface area (Å²) in [6.07, 6.45) is 5.30. The number of hydrogen-bond acceptors (Lipinski definition) is 4. The Hall–Kier alpha value is -4.04. The molecule has 3 N–H and O–H groups in total. The summed E-state index contributed by atoms with van der Waals surface area (Å²) in [6, 6.07) is 20.4. The molecule has 0 fully saturated rings. The summed E-state index contributed by atoms with van der Waals surface area (Å²) >= 11 is 18.1. The van der Waals surface area contributed by atoms with Crippen LogP contribution in [0.1, 0.15) is 0 Å². The van der Waals surface area contributed by atoms with Crippen LogP contribution < -0.4 is 10.6 Å². The van der Waals surface area contributed by atoms with E-state index in [4.69, 9.17) is 39.9 Å². The van der Waals surface area contributed by atoms with Crippen LogP contribution in [-0.4, -0.2) is 25.9 Å². The molecule has 5 rings (SSSR count). The van der Waals surface area contributed by atoms with E-state index < -0.39 is 6.03 Å². The number of carbonyl (C=O) groups excluding carboxylic acids is 1. The lowest BCUT2D eigenvalue weighted by atomic mass is 10.0. The topological polar surface area (TPSA) is 92.1 Å². The Morgan fingerprint density at radius 3 is 2.27 bits per heavy atom. The van der Waals surface area contributed by atoms with E-state index in [2.05, 4.69) is 15.6 Å². The van der Waals surface area contributed by atoms with Gasteiger partial charge in [-0.2, -0.15) is 5.10 Å². The van der Waals surface area contributed by atoms with Gasteiger partial charge in [-0.15, -0.1) is 0 Å². The normalized spacial score (nSPS) is 10.8. The van der Waals surface area contributed by atoms with Crippen molar-refractivity contribution in [3.05, 3.63) is 106 Å². The average molecular weight is 551 g/mol. The molecule has 0 aliphatic carbocycles. The van der Waals surface area contributed by atoms with Crippen LogP contribution in [0.2, 0.25) is 15.1 Å². The van der Waals surface area contributed by atoms with Crippen LogP contribution in [0.3, 0.4) is 0 Å². The minimum atomic E-state index is -0.437. The highest BCUT2D eigenvalue weighted by molar-refractivity contribution is 6.42. The van der Waals surface area contributed by atoms with Gasteiger partial charge in [-0.25, -0.2) is 9.48 Å². The molecule has 184 valence electrons. The maximum Gasteiger partial charge on any atom is 0.323 e. The second kappa shape index (κ2) is 10.5. The van der Waals surface area contributed by atoms with E-state index in [9.17, 15) is 9.90 Å². The third-order valence-corrected chi connectivity index (χ3v) is 6.51. The number of nitrogens with one attached hydrogen (secondary N) is 2. The standard InChI is InChI=1S/C27H18Cl3N5O2/c28-22-6-5-19(14-23(22)29)33-27(37)32-18-2-1-3-20(13-18)35-15-21(16-8-10-31-11-9-16)26(34-35)17-4-7-25(36)24(30)12-17/h1-15,36H,(H2,32,33,37). The fraction of sp³-hybridized carbons (Fsp3) is 0. The smallest absolute Gasteiger partial charge is 0.323 e. The van der Waals surface area contributed by atoms with Crippen LogP contribution in [0, 0.1) is 0 Å². The van der Waals surface area contributed by atoms with Gasteiger partial charge < -0.3 is 15.7 Å². The molecule has 7 nitrogen and oxygen atoms in total. The van der Waals surface area contributed by atoms with E-state index in [0.29, 0.717) is 27.1 Å². The Kier molecular flexibility index (Phi) is 7.01. The van der Waals surface area contributed by atoms with Gasteiger partial charge in [0.05, 0.1) is 20.8 Å². The summed E-state index contributed by atoms with van der Waals surface area (Å²) in [6.45, 7) is 0. The Balaban J connectivity index is 1.46. The van der Waals surface area contributed by atoms with Crippen molar-refractivity contribution < 1.29 is 9.90 Å². The summed E-state index contributed by atoms with van der Waals surface area (Å²) in [5, 5.41) is 21.2. The third-order valence-electron chi connectivity index (χ3n) is 5.47. The number of amides is 2. The molecular formula is C27H18Cl3N5O2. The highest BCUT2D eigenvalue weighted by Gasteiger charge is 2.16. The van der Waals surface area contributed by atoms with E-state index >= 15 is 0 Å². The Morgan fingerprint density at radius 1 is 0.784 bits per heavy atom. The van der Waals surface area contributed by atoms with Gasteiger partial charge in [0.1, 0.15) is 11.4 Å². The zero-order valence-electron chi connectivity index (χ0n) is 19.0. The number of pyridine rings is 1. The lowest BCUT2D eigenvalue weighted by Crippen LogP contribution is -2.19. The summed E-state index contributed by atoms with van der Waals surface area (Å²) in [4.78, 5) is 16.7. The predicted molar refractivity (Wildman–Crippen MR) is 148 cm³/mol. The van der Waals surface area contributed by atoms with Crippen LogP contribution in [0.4, 0.5) is 16.2 Å². The molecular weight excluding hydrogens is 533 g/mol. The third kappa shape index (κ3) is 5.54. The van der Waals surface area contributed by atoms with Gasteiger partial charge in [0.15, 0.2) is 0 Å². The number of phenols is 1. The zero-order valence-corrected chi connectivity index (χ0v) is 21.3. The number of hydrogen-bond donors (Lipinski definition) is 3. The van der Waals surface area contributed by atoms with Crippen molar-refractivity contribution in [1.82, 2.24) is 14.8 Å². The number of aromatic nitrogens is 3. The first kappa shape index (κ1) is 24.6. The maximum atomic E-state index is 12.6. The molecule has 0 bridgehead atoms. The van der Waals surface area contributed by atoms with Crippen LogP contribution in [0.5, 0.6) is 5.75 Å². The molecule has 2 amide bonds. The quantitative estimate of drug-likeness (QED) is 0.207. The fourth-order valence-corrected chi connectivity index (χ4v) is 4.19. The van der Waals surface area contributed by atoms with E-state index in [1.807, 2.05) is 30.5 Å². The lowest BCUT2D eigenvalue weighted by molar-refractivity contribution is 0.262. The number of urea groups is 1. The molecule has 0 spiro atoms. The number of halogens is 3. The first-order chi connectivity index (χ1) is 17.9. The number of rotatable bonds is 5. The van der Waals surface area contributed by atoms with E-state index in [-0.39, 0.29) is 10.8 Å². The molecule has 10 heteroatoms. The SMILES string of the molecule is O=C(Nc1cccc(-n2cc(-c3ccncc3)c(-c3ccc(O)c(Cl)c3)n2)c1)Nc1ccc(Cl)c(Cl)c1. The number of nitrogens with zero attached hydrogens (tertiary/aromatic N) is 3. The Bertz CT molecular complexity index is 1610. The van der Waals surface area contributed by atoms with Gasteiger partial charge in [-0.05, 0) is 72.3 Å². The molecule has 0 saturated heterocycles. The van der Waals surface area contributed by atoms with Crippen LogP contribution in [-0.2, 0) is 0 Å². The monoisotopic (exact) mass is 549 g/mol. The van der Waals surface area contributed by atoms with E-state index in [0.717, 1.165) is 22.4 Å². The summed E-state index contributed by atoms with van der Waals surface area (Å²) in [5.74, 6) is -0.00626. The first-order valence-corrected chi connectivity index (χ1v) is 12.1. The van der Waals surface area contributed by atoms with Crippen molar-refractivity contribution in [2.24, 2.45) is 0 Å². The number of aromatic hydroxyl groups is 1. The van der Waals surface area contributed by atoms with Crippen molar-refractivity contribution in [1.29, 1.82) is 0 Å². The van der Waals surface area contributed by atoms with Gasteiger partial charge >= 0.3 is 6.03 Å². The number of carbonyl (C=O) groups is 1. The molecule has 2 aromatic heterocycles. The molecule has 37 heavy (non-hydrogen) atoms. The van der Waals surface area contributed by atoms with Crippen LogP contribution >= 0.6 is 34.8 Å². The second-order valence-corrected chi connectivity index (χ2v) is 9.22. The van der Waals surface area contributed by atoms with E-state index in [1.165, 1.54) is 6.07 Å². The largest absolute Gasteiger partial charge is 0.506 e. The Morgan fingerprint density at radius 2 is 1.54 bits per heavy atom.